The van der Waals surface area contributed by atoms with E-state index in [0.717, 1.165) is 5.75 Å². The molecule has 1 fully saturated rings. The number of benzene rings is 1. The summed E-state index contributed by atoms with van der Waals surface area (Å²) in [5, 5.41) is 11.7. The molecule has 1 saturated heterocycles. The van der Waals surface area contributed by atoms with Gasteiger partial charge in [-0.25, -0.2) is 0 Å². The molecule has 1 aromatic rings. The van der Waals surface area contributed by atoms with Gasteiger partial charge in [0.1, 0.15) is 5.75 Å². The Morgan fingerprint density at radius 1 is 1.42 bits per heavy atom. The molecule has 0 spiro atoms. The highest BCUT2D eigenvalue weighted by molar-refractivity contribution is 5.98. The van der Waals surface area contributed by atoms with Gasteiger partial charge in [0, 0.05) is 5.69 Å². The van der Waals surface area contributed by atoms with Crippen LogP contribution in [0, 0.1) is 16.7 Å². The summed E-state index contributed by atoms with van der Waals surface area (Å²) in [7, 11) is 0. The van der Waals surface area contributed by atoms with Gasteiger partial charge in [0.2, 0.25) is 5.91 Å². The Morgan fingerprint density at radius 2 is 2.05 bits per heavy atom. The number of anilines is 1. The van der Waals surface area contributed by atoms with Crippen molar-refractivity contribution in [2.24, 2.45) is 5.41 Å². The van der Waals surface area contributed by atoms with Crippen molar-refractivity contribution in [3.05, 3.63) is 24.3 Å². The van der Waals surface area contributed by atoms with E-state index in [1.165, 1.54) is 0 Å². The van der Waals surface area contributed by atoms with E-state index in [0.29, 0.717) is 5.69 Å². The fraction of sp³-hybridized carbons (Fsp3) is 0.429. The molecule has 0 atom stereocenters. The summed E-state index contributed by atoms with van der Waals surface area (Å²) in [4.78, 5) is 12.0. The van der Waals surface area contributed by atoms with E-state index >= 15 is 0 Å². The van der Waals surface area contributed by atoms with Crippen molar-refractivity contribution in [3.8, 4) is 11.8 Å². The number of rotatable bonds is 4. The van der Waals surface area contributed by atoms with Crippen LogP contribution < -0.4 is 10.1 Å². The normalized spacial score (nSPS) is 16.3. The summed E-state index contributed by atoms with van der Waals surface area (Å²) in [6.07, 6.45) is 0.106. The zero-order valence-electron chi connectivity index (χ0n) is 11.0. The van der Waals surface area contributed by atoms with Gasteiger partial charge in [0.05, 0.1) is 25.4 Å². The minimum absolute atomic E-state index is 0.106. The lowest BCUT2D eigenvalue weighted by atomic mass is 9.87. The second-order valence-corrected chi connectivity index (χ2v) is 4.83. The topological polar surface area (TPSA) is 71.3 Å². The number of carbonyl (C=O) groups excluding carboxylic acids is 1. The monoisotopic (exact) mass is 260 g/mol. The third kappa shape index (κ3) is 2.85. The van der Waals surface area contributed by atoms with Crippen LogP contribution in [0.25, 0.3) is 0 Å². The SMILES string of the molecule is CC(C)Oc1ccc(NC(=O)C2(C#N)COC2)cc1. The van der Waals surface area contributed by atoms with E-state index in [2.05, 4.69) is 5.32 Å². The highest BCUT2D eigenvalue weighted by Crippen LogP contribution is 2.28. The van der Waals surface area contributed by atoms with Crippen LogP contribution >= 0.6 is 0 Å². The molecule has 0 aromatic heterocycles. The number of nitrogens with one attached hydrogen (secondary N) is 1. The van der Waals surface area contributed by atoms with E-state index in [4.69, 9.17) is 14.7 Å². The Morgan fingerprint density at radius 3 is 2.47 bits per heavy atom. The van der Waals surface area contributed by atoms with Gasteiger partial charge in [-0.3, -0.25) is 4.79 Å². The minimum atomic E-state index is -1.03. The van der Waals surface area contributed by atoms with Crippen LogP contribution in [0.15, 0.2) is 24.3 Å². The molecule has 1 amide bonds. The highest BCUT2D eigenvalue weighted by Gasteiger charge is 2.46. The molecular weight excluding hydrogens is 244 g/mol. The molecule has 2 rings (SSSR count). The molecule has 5 heteroatoms. The van der Waals surface area contributed by atoms with Crippen molar-refractivity contribution in [1.29, 1.82) is 5.26 Å². The molecule has 0 bridgehead atoms. The van der Waals surface area contributed by atoms with Crippen molar-refractivity contribution < 1.29 is 14.3 Å². The van der Waals surface area contributed by atoms with Crippen LogP contribution in [0.4, 0.5) is 5.69 Å². The minimum Gasteiger partial charge on any atom is -0.491 e. The van der Waals surface area contributed by atoms with Crippen molar-refractivity contribution in [3.63, 3.8) is 0 Å². The average Bonchev–Trinajstić information content (AvgIpc) is 2.30. The molecule has 100 valence electrons. The molecule has 0 saturated carbocycles. The van der Waals surface area contributed by atoms with Gasteiger partial charge in [-0.2, -0.15) is 5.26 Å². The molecule has 1 aromatic carbocycles. The molecule has 1 aliphatic heterocycles. The predicted octanol–water partition coefficient (Wildman–Crippen LogP) is 1.95. The Balaban J connectivity index is 2.00. The Kier molecular flexibility index (Phi) is 3.72. The van der Waals surface area contributed by atoms with Crippen LogP contribution in [0.5, 0.6) is 5.75 Å². The maximum Gasteiger partial charge on any atom is 0.249 e. The van der Waals surface area contributed by atoms with Crippen LogP contribution in [0.2, 0.25) is 0 Å². The van der Waals surface area contributed by atoms with E-state index < -0.39 is 5.41 Å². The van der Waals surface area contributed by atoms with E-state index in [-0.39, 0.29) is 25.2 Å². The highest BCUT2D eigenvalue weighted by atomic mass is 16.5. The first-order valence-corrected chi connectivity index (χ1v) is 6.13. The summed E-state index contributed by atoms with van der Waals surface area (Å²) in [5.41, 5.74) is -0.393. The summed E-state index contributed by atoms with van der Waals surface area (Å²) in [6.45, 7) is 4.21. The molecule has 5 nitrogen and oxygen atoms in total. The number of hydrogen-bond acceptors (Lipinski definition) is 4. The first-order chi connectivity index (χ1) is 9.05. The molecule has 19 heavy (non-hydrogen) atoms. The quantitative estimate of drug-likeness (QED) is 0.898. The number of nitriles is 1. The zero-order valence-corrected chi connectivity index (χ0v) is 11.0. The van der Waals surface area contributed by atoms with Crippen molar-refractivity contribution in [2.45, 2.75) is 20.0 Å². The number of hydrogen-bond donors (Lipinski definition) is 1. The van der Waals surface area contributed by atoms with Crippen molar-refractivity contribution in [2.75, 3.05) is 18.5 Å². The Bertz CT molecular complexity index is 498. The number of amides is 1. The Labute approximate surface area is 112 Å². The fourth-order valence-corrected chi connectivity index (χ4v) is 1.69. The molecule has 1 heterocycles. The largest absolute Gasteiger partial charge is 0.491 e. The van der Waals surface area contributed by atoms with Gasteiger partial charge in [-0.15, -0.1) is 0 Å². The van der Waals surface area contributed by atoms with Crippen LogP contribution in [0.1, 0.15) is 13.8 Å². The number of nitrogens with zero attached hydrogens (tertiary/aromatic N) is 1. The first-order valence-electron chi connectivity index (χ1n) is 6.13. The maximum atomic E-state index is 12.0. The molecule has 1 aliphatic rings. The lowest BCUT2D eigenvalue weighted by Gasteiger charge is -2.33. The zero-order chi connectivity index (χ0) is 13.9. The maximum absolute atomic E-state index is 12.0. The van der Waals surface area contributed by atoms with Crippen LogP contribution in [0.3, 0.4) is 0 Å². The number of carbonyl (C=O) groups is 1. The molecule has 0 radical (unpaired) electrons. The van der Waals surface area contributed by atoms with Crippen LogP contribution in [-0.2, 0) is 9.53 Å². The first kappa shape index (κ1) is 13.4. The molecule has 0 aliphatic carbocycles. The van der Waals surface area contributed by atoms with E-state index in [1.54, 1.807) is 24.3 Å². The third-order valence-corrected chi connectivity index (χ3v) is 2.83. The average molecular weight is 260 g/mol. The standard InChI is InChI=1S/C14H16N2O3/c1-10(2)19-12-5-3-11(4-6-12)16-13(17)14(7-15)8-18-9-14/h3-6,10H,8-9H2,1-2H3,(H,16,17). The van der Waals surface area contributed by atoms with Gasteiger partial charge < -0.3 is 14.8 Å². The van der Waals surface area contributed by atoms with E-state index in [9.17, 15) is 4.79 Å². The molecule has 1 N–H and O–H groups in total. The smallest absolute Gasteiger partial charge is 0.249 e. The summed E-state index contributed by atoms with van der Waals surface area (Å²) < 4.78 is 10.5. The van der Waals surface area contributed by atoms with Gasteiger partial charge in [0.25, 0.3) is 0 Å². The summed E-state index contributed by atoms with van der Waals surface area (Å²) in [5.74, 6) is 0.425. The van der Waals surface area contributed by atoms with Crippen molar-refractivity contribution >= 4 is 11.6 Å². The lowest BCUT2D eigenvalue weighted by Crippen LogP contribution is -2.50. The van der Waals surface area contributed by atoms with E-state index in [1.807, 2.05) is 19.9 Å². The predicted molar refractivity (Wildman–Crippen MR) is 69.7 cm³/mol. The van der Waals surface area contributed by atoms with Crippen LogP contribution in [-0.4, -0.2) is 25.2 Å². The second kappa shape index (κ2) is 5.29. The number of ether oxygens (including phenoxy) is 2. The molecule has 0 unspecified atom stereocenters. The van der Waals surface area contributed by atoms with Gasteiger partial charge in [-0.05, 0) is 38.1 Å². The summed E-state index contributed by atoms with van der Waals surface area (Å²) in [6, 6.07) is 9.08. The van der Waals surface area contributed by atoms with Crippen molar-refractivity contribution in [1.82, 2.24) is 0 Å². The fourth-order valence-electron chi connectivity index (χ4n) is 1.69. The molecular formula is C14H16N2O3. The second-order valence-electron chi connectivity index (χ2n) is 4.83. The van der Waals surface area contributed by atoms with Gasteiger partial charge >= 0.3 is 0 Å². The van der Waals surface area contributed by atoms with Gasteiger partial charge in [-0.1, -0.05) is 0 Å². The lowest BCUT2D eigenvalue weighted by molar-refractivity contribution is -0.144. The Hall–Kier alpha value is -2.06. The third-order valence-electron chi connectivity index (χ3n) is 2.83. The van der Waals surface area contributed by atoms with Gasteiger partial charge in [0.15, 0.2) is 5.41 Å². The summed E-state index contributed by atoms with van der Waals surface area (Å²) >= 11 is 0.